The highest BCUT2D eigenvalue weighted by Crippen LogP contribution is 2.38. The van der Waals surface area contributed by atoms with Crippen LogP contribution in [0.1, 0.15) is 46.5 Å². The van der Waals surface area contributed by atoms with E-state index in [-0.39, 0.29) is 17.7 Å². The van der Waals surface area contributed by atoms with Crippen molar-refractivity contribution in [3.63, 3.8) is 0 Å². The zero-order valence-electron chi connectivity index (χ0n) is 12.3. The predicted molar refractivity (Wildman–Crippen MR) is 79.4 cm³/mol. The molecule has 4 nitrogen and oxygen atoms in total. The third kappa shape index (κ3) is 4.56. The maximum absolute atomic E-state index is 12.2. The molecule has 1 atom stereocenters. The van der Waals surface area contributed by atoms with Gasteiger partial charge in [-0.1, -0.05) is 0 Å². The first kappa shape index (κ1) is 15.0. The minimum atomic E-state index is -0.419. The van der Waals surface area contributed by atoms with Crippen molar-refractivity contribution in [3.8, 4) is 0 Å². The van der Waals surface area contributed by atoms with E-state index in [9.17, 15) is 4.79 Å². The number of hydrogen-bond acceptors (Lipinski definition) is 4. The number of thioether (sulfide) groups is 1. The molecule has 0 spiro atoms. The van der Waals surface area contributed by atoms with Crippen LogP contribution >= 0.6 is 11.8 Å². The summed E-state index contributed by atoms with van der Waals surface area (Å²) in [5, 5.41) is 0. The van der Waals surface area contributed by atoms with Crippen LogP contribution in [0.25, 0.3) is 0 Å². The number of amides is 1. The Bertz CT molecular complexity index is 337. The molecule has 2 N–H and O–H groups in total. The molecule has 1 heterocycles. The number of carbonyl (C=O) groups excluding carboxylic acids is 1. The highest BCUT2D eigenvalue weighted by atomic mass is 32.2. The van der Waals surface area contributed by atoms with Gasteiger partial charge < -0.3 is 15.4 Å². The molecule has 19 heavy (non-hydrogen) atoms. The maximum Gasteiger partial charge on any atom is 0.410 e. The van der Waals surface area contributed by atoms with Crippen LogP contribution in [0, 0.1) is 0 Å². The molecule has 1 unspecified atom stereocenters. The minimum Gasteiger partial charge on any atom is -0.444 e. The van der Waals surface area contributed by atoms with E-state index in [1.165, 1.54) is 0 Å². The van der Waals surface area contributed by atoms with Gasteiger partial charge in [-0.05, 0) is 46.5 Å². The average Bonchev–Trinajstić information content (AvgIpc) is 3.03. The van der Waals surface area contributed by atoms with Crippen molar-refractivity contribution in [2.45, 2.75) is 63.6 Å². The second-order valence-electron chi connectivity index (χ2n) is 6.80. The van der Waals surface area contributed by atoms with E-state index in [4.69, 9.17) is 10.5 Å². The summed E-state index contributed by atoms with van der Waals surface area (Å²) in [5.41, 5.74) is 5.80. The standard InChI is InChI=1S/C14H26N2O2S/c1-13(2,3)18-12(17)16-8-9-19-10-11(16)4-5-14(15)6-7-14/h11H,4-10,15H2,1-3H3. The molecule has 0 bridgehead atoms. The lowest BCUT2D eigenvalue weighted by Gasteiger charge is -2.37. The van der Waals surface area contributed by atoms with Crippen molar-refractivity contribution < 1.29 is 9.53 Å². The fraction of sp³-hybridized carbons (Fsp3) is 0.929. The van der Waals surface area contributed by atoms with Gasteiger partial charge in [0.15, 0.2) is 0 Å². The third-order valence-corrected chi connectivity index (χ3v) is 4.81. The number of ether oxygens (including phenoxy) is 1. The topological polar surface area (TPSA) is 55.6 Å². The molecule has 0 aromatic carbocycles. The summed E-state index contributed by atoms with van der Waals surface area (Å²) in [5.74, 6) is 2.01. The molecule has 1 saturated carbocycles. The zero-order chi connectivity index (χ0) is 14.1. The number of carbonyl (C=O) groups is 1. The fourth-order valence-corrected chi connectivity index (χ4v) is 3.43. The molecule has 0 aromatic rings. The van der Waals surface area contributed by atoms with E-state index < -0.39 is 5.60 Å². The quantitative estimate of drug-likeness (QED) is 0.866. The zero-order valence-corrected chi connectivity index (χ0v) is 13.1. The van der Waals surface area contributed by atoms with E-state index in [0.29, 0.717) is 0 Å². The molecule has 5 heteroatoms. The molecule has 1 saturated heterocycles. The first-order valence-corrected chi connectivity index (χ1v) is 8.31. The first-order valence-electron chi connectivity index (χ1n) is 7.15. The summed E-state index contributed by atoms with van der Waals surface area (Å²) in [6.07, 6.45) is 4.14. The Hall–Kier alpha value is -0.420. The van der Waals surface area contributed by atoms with E-state index in [2.05, 4.69) is 0 Å². The van der Waals surface area contributed by atoms with Crippen LogP contribution in [0.5, 0.6) is 0 Å². The Balaban J connectivity index is 1.89. The lowest BCUT2D eigenvalue weighted by atomic mass is 10.1. The van der Waals surface area contributed by atoms with Crippen molar-refractivity contribution in [3.05, 3.63) is 0 Å². The van der Waals surface area contributed by atoms with Crippen LogP contribution in [-0.2, 0) is 4.74 Å². The lowest BCUT2D eigenvalue weighted by Crippen LogP contribution is -2.48. The second kappa shape index (κ2) is 5.52. The number of nitrogens with zero attached hydrogens (tertiary/aromatic N) is 1. The molecular weight excluding hydrogens is 260 g/mol. The van der Waals surface area contributed by atoms with Gasteiger partial charge in [-0.2, -0.15) is 11.8 Å². The molecule has 1 aliphatic carbocycles. The van der Waals surface area contributed by atoms with Gasteiger partial charge in [0, 0.05) is 29.6 Å². The van der Waals surface area contributed by atoms with Crippen molar-refractivity contribution in [2.24, 2.45) is 5.73 Å². The largest absolute Gasteiger partial charge is 0.444 e. The van der Waals surface area contributed by atoms with Gasteiger partial charge in [0.25, 0.3) is 0 Å². The average molecular weight is 286 g/mol. The fourth-order valence-electron chi connectivity index (χ4n) is 2.32. The predicted octanol–water partition coefficient (Wildman–Crippen LogP) is 2.61. The Kier molecular flexibility index (Phi) is 4.35. The number of hydrogen-bond donors (Lipinski definition) is 1. The highest BCUT2D eigenvalue weighted by molar-refractivity contribution is 7.99. The van der Waals surface area contributed by atoms with E-state index in [0.717, 1.165) is 43.7 Å². The third-order valence-electron chi connectivity index (χ3n) is 3.72. The summed E-state index contributed by atoms with van der Waals surface area (Å²) >= 11 is 1.92. The molecule has 1 aliphatic heterocycles. The molecule has 1 amide bonds. The Labute approximate surface area is 120 Å². The van der Waals surface area contributed by atoms with Crippen molar-refractivity contribution in [1.82, 2.24) is 4.90 Å². The van der Waals surface area contributed by atoms with Gasteiger partial charge in [0.05, 0.1) is 0 Å². The second-order valence-corrected chi connectivity index (χ2v) is 7.95. The smallest absolute Gasteiger partial charge is 0.410 e. The van der Waals surface area contributed by atoms with Crippen LogP contribution in [0.2, 0.25) is 0 Å². The van der Waals surface area contributed by atoms with Crippen molar-refractivity contribution in [2.75, 3.05) is 18.1 Å². The Morgan fingerprint density at radius 1 is 1.47 bits per heavy atom. The minimum absolute atomic E-state index is 0.0711. The van der Waals surface area contributed by atoms with Gasteiger partial charge >= 0.3 is 6.09 Å². The van der Waals surface area contributed by atoms with Gasteiger partial charge in [-0.25, -0.2) is 4.79 Å². The molecule has 110 valence electrons. The van der Waals surface area contributed by atoms with Crippen molar-refractivity contribution >= 4 is 17.9 Å². The molecular formula is C14H26N2O2S. The SMILES string of the molecule is CC(C)(C)OC(=O)N1CCSCC1CCC1(N)CC1. The molecule has 0 aromatic heterocycles. The summed E-state index contributed by atoms with van der Waals surface area (Å²) in [7, 11) is 0. The Morgan fingerprint density at radius 3 is 2.74 bits per heavy atom. The van der Waals surface area contributed by atoms with Crippen molar-refractivity contribution in [1.29, 1.82) is 0 Å². The highest BCUT2D eigenvalue weighted by Gasteiger charge is 2.39. The first-order chi connectivity index (χ1) is 8.79. The Morgan fingerprint density at radius 2 is 2.16 bits per heavy atom. The maximum atomic E-state index is 12.2. The van der Waals surface area contributed by atoms with Gasteiger partial charge in [-0.3, -0.25) is 0 Å². The van der Waals surface area contributed by atoms with Gasteiger partial charge in [0.2, 0.25) is 0 Å². The van der Waals surface area contributed by atoms with Gasteiger partial charge in [-0.15, -0.1) is 0 Å². The van der Waals surface area contributed by atoms with E-state index in [1.54, 1.807) is 0 Å². The van der Waals surface area contributed by atoms with E-state index in [1.807, 2.05) is 37.4 Å². The van der Waals surface area contributed by atoms with Crippen LogP contribution in [0.3, 0.4) is 0 Å². The van der Waals surface area contributed by atoms with E-state index >= 15 is 0 Å². The summed E-state index contributed by atoms with van der Waals surface area (Å²) in [6, 6.07) is 0.287. The molecule has 0 radical (unpaired) electrons. The normalized spacial score (nSPS) is 26.1. The molecule has 2 aliphatic rings. The summed E-state index contributed by atoms with van der Waals surface area (Å²) in [4.78, 5) is 14.1. The van der Waals surface area contributed by atoms with Crippen LogP contribution in [-0.4, -0.2) is 46.2 Å². The monoisotopic (exact) mass is 286 g/mol. The lowest BCUT2D eigenvalue weighted by molar-refractivity contribution is 0.0176. The number of rotatable bonds is 3. The van der Waals surface area contributed by atoms with Crippen LogP contribution < -0.4 is 5.73 Å². The van der Waals surface area contributed by atoms with Crippen LogP contribution in [0.15, 0.2) is 0 Å². The molecule has 2 rings (SSSR count). The van der Waals surface area contributed by atoms with Gasteiger partial charge in [0.1, 0.15) is 5.60 Å². The van der Waals surface area contributed by atoms with Crippen LogP contribution in [0.4, 0.5) is 4.79 Å². The molecule has 2 fully saturated rings. The summed E-state index contributed by atoms with van der Waals surface area (Å²) < 4.78 is 5.50. The summed E-state index contributed by atoms with van der Waals surface area (Å²) in [6.45, 7) is 6.54. The number of nitrogens with two attached hydrogens (primary N) is 1.